The highest BCUT2D eigenvalue weighted by Gasteiger charge is 2.28. The van der Waals surface area contributed by atoms with Gasteiger partial charge in [-0.2, -0.15) is 5.10 Å². The maximum Gasteiger partial charge on any atom is 0.184 e. The van der Waals surface area contributed by atoms with Crippen LogP contribution in [0.2, 0.25) is 0 Å². The number of rotatable bonds is 14. The lowest BCUT2D eigenvalue weighted by Gasteiger charge is -2.43. The molecule has 0 spiro atoms. The van der Waals surface area contributed by atoms with Crippen LogP contribution in [0.4, 0.5) is 5.69 Å². The SMILES string of the molecule is CCCCCCCCCCCC[N+]1(C)CCN(c2ccc(C=NNC(N)=S)cc2)CC1. The lowest BCUT2D eigenvalue weighted by atomic mass is 10.1. The number of hydrazone groups is 1. The average molecular weight is 447 g/mol. The van der Waals surface area contributed by atoms with Crippen molar-refractivity contribution in [1.29, 1.82) is 0 Å². The summed E-state index contributed by atoms with van der Waals surface area (Å²) in [4.78, 5) is 2.51. The topological polar surface area (TPSA) is 53.6 Å². The monoisotopic (exact) mass is 446 g/mol. The van der Waals surface area contributed by atoms with E-state index in [2.05, 4.69) is 53.7 Å². The van der Waals surface area contributed by atoms with Crippen molar-refractivity contribution in [2.45, 2.75) is 71.1 Å². The summed E-state index contributed by atoms with van der Waals surface area (Å²) in [5.41, 5.74) is 10.3. The molecular weight excluding hydrogens is 402 g/mol. The smallest absolute Gasteiger partial charge is 0.184 e. The number of unbranched alkanes of at least 4 members (excludes halogenated alkanes) is 9. The standard InChI is InChI=1S/C25H43N5S/c1-3-4-5-6-7-8-9-10-11-12-19-30(2)20-17-29(18-21-30)24-15-13-23(14-16-24)22-27-28-25(26)31/h13-16,22H,3-12,17-21H2,1-2H3,(H2-,26,28,31)/p+1. The summed E-state index contributed by atoms with van der Waals surface area (Å²) in [6.07, 6.45) is 15.9. The summed E-state index contributed by atoms with van der Waals surface area (Å²) in [5.74, 6) is 0. The lowest BCUT2D eigenvalue weighted by Crippen LogP contribution is -2.57. The van der Waals surface area contributed by atoms with Crippen LogP contribution in [0.5, 0.6) is 0 Å². The van der Waals surface area contributed by atoms with E-state index in [1.807, 2.05) is 0 Å². The molecule has 6 heteroatoms. The van der Waals surface area contributed by atoms with Crippen molar-refractivity contribution in [3.05, 3.63) is 29.8 Å². The Morgan fingerprint density at radius 3 is 2.10 bits per heavy atom. The number of likely N-dealkylation sites (N-methyl/N-ethyl adjacent to an activating group) is 1. The second kappa shape index (κ2) is 14.4. The van der Waals surface area contributed by atoms with Gasteiger partial charge in [0, 0.05) is 5.69 Å². The quantitative estimate of drug-likeness (QED) is 0.138. The van der Waals surface area contributed by atoms with Crippen LogP contribution in [0.1, 0.15) is 76.7 Å². The predicted molar refractivity (Wildman–Crippen MR) is 139 cm³/mol. The maximum absolute atomic E-state index is 5.37. The molecule has 1 fully saturated rings. The normalized spacial score (nSPS) is 16.0. The third-order valence-electron chi connectivity index (χ3n) is 6.52. The van der Waals surface area contributed by atoms with Gasteiger partial charge in [-0.3, -0.25) is 5.43 Å². The van der Waals surface area contributed by atoms with E-state index in [1.54, 1.807) is 6.21 Å². The summed E-state index contributed by atoms with van der Waals surface area (Å²) in [6.45, 7) is 8.35. The van der Waals surface area contributed by atoms with E-state index in [4.69, 9.17) is 18.0 Å². The van der Waals surface area contributed by atoms with E-state index in [9.17, 15) is 0 Å². The fourth-order valence-electron chi connectivity index (χ4n) is 4.35. The number of hydrogen-bond acceptors (Lipinski definition) is 3. The summed E-state index contributed by atoms with van der Waals surface area (Å²) in [7, 11) is 2.44. The first-order valence-corrected chi connectivity index (χ1v) is 12.7. The summed E-state index contributed by atoms with van der Waals surface area (Å²) >= 11 is 4.75. The van der Waals surface area contributed by atoms with Gasteiger partial charge >= 0.3 is 0 Å². The van der Waals surface area contributed by atoms with Crippen LogP contribution < -0.4 is 16.1 Å². The van der Waals surface area contributed by atoms with Crippen LogP contribution >= 0.6 is 12.2 Å². The zero-order valence-corrected chi connectivity index (χ0v) is 20.6. The molecule has 0 unspecified atom stereocenters. The number of anilines is 1. The van der Waals surface area contributed by atoms with Crippen LogP contribution in [0.25, 0.3) is 0 Å². The molecule has 0 aromatic heterocycles. The van der Waals surface area contributed by atoms with Gasteiger partial charge in [0.25, 0.3) is 0 Å². The molecule has 1 aliphatic rings. The second-order valence-electron chi connectivity index (χ2n) is 9.29. The number of quaternary nitrogens is 1. The van der Waals surface area contributed by atoms with Gasteiger partial charge in [-0.25, -0.2) is 0 Å². The van der Waals surface area contributed by atoms with Crippen LogP contribution in [0.15, 0.2) is 29.4 Å². The van der Waals surface area contributed by atoms with Gasteiger partial charge in [-0.05, 0) is 42.8 Å². The van der Waals surface area contributed by atoms with Gasteiger partial charge in [0.05, 0.1) is 46.0 Å². The van der Waals surface area contributed by atoms with E-state index < -0.39 is 0 Å². The van der Waals surface area contributed by atoms with Crippen molar-refractivity contribution >= 4 is 29.2 Å². The molecule has 2 rings (SSSR count). The molecule has 3 N–H and O–H groups in total. The Morgan fingerprint density at radius 2 is 1.55 bits per heavy atom. The van der Waals surface area contributed by atoms with Crippen molar-refractivity contribution in [3.8, 4) is 0 Å². The van der Waals surface area contributed by atoms with Crippen LogP contribution in [-0.2, 0) is 0 Å². The van der Waals surface area contributed by atoms with Crippen molar-refractivity contribution in [2.24, 2.45) is 10.8 Å². The minimum Gasteiger partial charge on any atom is -0.375 e. The number of nitrogens with one attached hydrogen (secondary N) is 1. The molecule has 1 aromatic carbocycles. The summed E-state index contributed by atoms with van der Waals surface area (Å²) < 4.78 is 1.23. The minimum atomic E-state index is 0.181. The maximum atomic E-state index is 5.37. The highest BCUT2D eigenvalue weighted by atomic mass is 32.1. The molecular formula is C25H44N5S+. The fraction of sp³-hybridized carbons (Fsp3) is 0.680. The molecule has 174 valence electrons. The first-order valence-electron chi connectivity index (χ1n) is 12.3. The van der Waals surface area contributed by atoms with Crippen LogP contribution in [0.3, 0.4) is 0 Å². The molecule has 0 atom stereocenters. The van der Waals surface area contributed by atoms with Gasteiger partial charge in [0.15, 0.2) is 5.11 Å². The molecule has 0 amide bonds. The fourth-order valence-corrected chi connectivity index (χ4v) is 4.40. The molecule has 0 radical (unpaired) electrons. The van der Waals surface area contributed by atoms with E-state index in [1.165, 1.54) is 94.0 Å². The molecule has 0 aliphatic carbocycles. The van der Waals surface area contributed by atoms with Gasteiger partial charge in [0.2, 0.25) is 0 Å². The predicted octanol–water partition coefficient (Wildman–Crippen LogP) is 5.04. The first-order chi connectivity index (χ1) is 15.0. The Bertz CT molecular complexity index is 650. The zero-order chi connectivity index (χ0) is 22.4. The summed E-state index contributed by atoms with van der Waals surface area (Å²) in [5, 5.41) is 4.19. The van der Waals surface area contributed by atoms with E-state index in [0.717, 1.165) is 18.7 Å². The molecule has 1 aromatic rings. The van der Waals surface area contributed by atoms with Crippen molar-refractivity contribution in [2.75, 3.05) is 44.7 Å². The van der Waals surface area contributed by atoms with E-state index >= 15 is 0 Å². The van der Waals surface area contributed by atoms with Crippen molar-refractivity contribution in [1.82, 2.24) is 5.43 Å². The van der Waals surface area contributed by atoms with Crippen LogP contribution in [0, 0.1) is 0 Å². The van der Waals surface area contributed by atoms with E-state index in [-0.39, 0.29) is 5.11 Å². The minimum absolute atomic E-state index is 0.181. The van der Waals surface area contributed by atoms with Crippen molar-refractivity contribution < 1.29 is 4.48 Å². The molecule has 1 heterocycles. The third kappa shape index (κ3) is 10.5. The average Bonchev–Trinajstić information content (AvgIpc) is 2.76. The Morgan fingerprint density at radius 1 is 1.00 bits per heavy atom. The molecule has 1 aliphatic heterocycles. The third-order valence-corrected chi connectivity index (χ3v) is 6.61. The van der Waals surface area contributed by atoms with Gasteiger partial charge in [0.1, 0.15) is 0 Å². The second-order valence-corrected chi connectivity index (χ2v) is 9.72. The van der Waals surface area contributed by atoms with Crippen LogP contribution in [-0.4, -0.2) is 55.6 Å². The largest absolute Gasteiger partial charge is 0.375 e. The Labute approximate surface area is 195 Å². The van der Waals surface area contributed by atoms with Gasteiger partial charge in [-0.1, -0.05) is 70.4 Å². The van der Waals surface area contributed by atoms with Crippen molar-refractivity contribution in [3.63, 3.8) is 0 Å². The molecule has 1 saturated heterocycles. The molecule has 0 bridgehead atoms. The number of piperazine rings is 1. The Hall–Kier alpha value is -1.66. The Balaban J connectivity index is 1.60. The molecule has 31 heavy (non-hydrogen) atoms. The Kier molecular flexibility index (Phi) is 11.9. The molecule has 0 saturated carbocycles. The zero-order valence-electron chi connectivity index (χ0n) is 19.8. The van der Waals surface area contributed by atoms with Gasteiger partial charge < -0.3 is 15.1 Å². The number of thiocarbonyl (C=S) groups is 1. The first kappa shape index (κ1) is 25.6. The molecule has 5 nitrogen and oxygen atoms in total. The highest BCUT2D eigenvalue weighted by molar-refractivity contribution is 7.80. The number of hydrogen-bond donors (Lipinski definition) is 2. The summed E-state index contributed by atoms with van der Waals surface area (Å²) in [6, 6.07) is 8.54. The van der Waals surface area contributed by atoms with Gasteiger partial charge in [-0.15, -0.1) is 0 Å². The lowest BCUT2D eigenvalue weighted by molar-refractivity contribution is -0.910. The number of benzene rings is 1. The number of nitrogens with zero attached hydrogens (tertiary/aromatic N) is 3. The highest BCUT2D eigenvalue weighted by Crippen LogP contribution is 2.20. The van der Waals surface area contributed by atoms with E-state index in [0.29, 0.717) is 0 Å². The number of nitrogens with two attached hydrogens (primary N) is 1.